The zero-order valence-electron chi connectivity index (χ0n) is 15.5. The Balaban J connectivity index is 1.52. The molecule has 0 N–H and O–H groups in total. The lowest BCUT2D eigenvalue weighted by Gasteiger charge is -2.43. The number of sulfone groups is 1. The molecule has 148 valence electrons. The Morgan fingerprint density at radius 3 is 2.36 bits per heavy atom. The van der Waals surface area contributed by atoms with Gasteiger partial charge in [-0.25, -0.2) is 8.42 Å². The van der Waals surface area contributed by atoms with Crippen molar-refractivity contribution in [2.45, 2.75) is 24.9 Å². The molecule has 0 radical (unpaired) electrons. The monoisotopic (exact) mass is 462 g/mol. The van der Waals surface area contributed by atoms with E-state index >= 15 is 0 Å². The Morgan fingerprint density at radius 2 is 1.64 bits per heavy atom. The average Bonchev–Trinajstić information content (AvgIpc) is 2.99. The second-order valence-electron chi connectivity index (χ2n) is 7.51. The Morgan fingerprint density at radius 1 is 0.964 bits per heavy atom. The lowest BCUT2D eigenvalue weighted by molar-refractivity contribution is -0.123. The van der Waals surface area contributed by atoms with Crippen LogP contribution in [0.3, 0.4) is 0 Å². The summed E-state index contributed by atoms with van der Waals surface area (Å²) in [5, 5.41) is 0. The number of amides is 1. The first-order chi connectivity index (χ1) is 13.4. The fraction of sp³-hybridized carbons (Fsp3) is 0.381. The van der Waals surface area contributed by atoms with Gasteiger partial charge in [-0.05, 0) is 49.2 Å². The number of aryl methyl sites for hydroxylation is 1. The summed E-state index contributed by atoms with van der Waals surface area (Å²) >= 11 is 3.41. The molecule has 5 nitrogen and oxygen atoms in total. The van der Waals surface area contributed by atoms with E-state index in [4.69, 9.17) is 0 Å². The molecule has 0 bridgehead atoms. The molecule has 2 atom stereocenters. The molecule has 0 aromatic heterocycles. The second kappa shape index (κ2) is 7.97. The molecule has 2 aromatic rings. The van der Waals surface area contributed by atoms with Crippen molar-refractivity contribution >= 4 is 37.4 Å². The van der Waals surface area contributed by atoms with Gasteiger partial charge < -0.3 is 4.90 Å². The van der Waals surface area contributed by atoms with Gasteiger partial charge in [-0.2, -0.15) is 0 Å². The predicted molar refractivity (Wildman–Crippen MR) is 114 cm³/mol. The normalized spacial score (nSPS) is 24.3. The second-order valence-corrected chi connectivity index (χ2v) is 10.6. The summed E-state index contributed by atoms with van der Waals surface area (Å²) in [6.07, 6.45) is 1.82. The van der Waals surface area contributed by atoms with Crippen molar-refractivity contribution in [1.29, 1.82) is 0 Å². The van der Waals surface area contributed by atoms with Gasteiger partial charge in [0.1, 0.15) is 0 Å². The highest BCUT2D eigenvalue weighted by molar-refractivity contribution is 9.10. The number of nitrogens with zero attached hydrogens (tertiary/aromatic N) is 2. The molecule has 2 fully saturated rings. The van der Waals surface area contributed by atoms with Crippen LogP contribution >= 0.6 is 15.9 Å². The van der Waals surface area contributed by atoms with Crippen LogP contribution in [-0.4, -0.2) is 55.9 Å². The van der Waals surface area contributed by atoms with E-state index in [-0.39, 0.29) is 36.0 Å². The Labute approximate surface area is 174 Å². The number of carbonyl (C=O) groups excluding carboxylic acids is 1. The lowest BCUT2D eigenvalue weighted by atomic mass is 10.0. The number of benzene rings is 2. The van der Waals surface area contributed by atoms with Crippen LogP contribution in [0.5, 0.6) is 0 Å². The van der Waals surface area contributed by atoms with Crippen molar-refractivity contribution in [3.8, 4) is 0 Å². The molecule has 2 aliphatic rings. The molecular formula is C21H23BrN2O3S. The third-order valence-corrected chi connectivity index (χ3v) is 7.79. The van der Waals surface area contributed by atoms with Gasteiger partial charge in [0.05, 0.1) is 24.1 Å². The van der Waals surface area contributed by atoms with E-state index in [0.717, 1.165) is 29.5 Å². The molecule has 0 spiro atoms. The van der Waals surface area contributed by atoms with Crippen LogP contribution in [0.25, 0.3) is 0 Å². The standard InChI is InChI=1S/C21H23BrN2O3S/c22-17-8-10-18(11-9-17)24-20-15-28(26,27)14-19(20)23(13-21(24)25)12-4-7-16-5-2-1-3-6-16/h1-3,5-6,8-11,19-20H,4,7,12-15H2/t19-,20+/m1/s1. The smallest absolute Gasteiger partial charge is 0.241 e. The summed E-state index contributed by atoms with van der Waals surface area (Å²) < 4.78 is 25.7. The zero-order valence-corrected chi connectivity index (χ0v) is 17.9. The van der Waals surface area contributed by atoms with E-state index < -0.39 is 9.84 Å². The number of rotatable bonds is 5. The van der Waals surface area contributed by atoms with Crippen molar-refractivity contribution < 1.29 is 13.2 Å². The zero-order chi connectivity index (χ0) is 19.7. The molecule has 7 heteroatoms. The highest BCUT2D eigenvalue weighted by Gasteiger charge is 2.49. The van der Waals surface area contributed by atoms with Gasteiger partial charge >= 0.3 is 0 Å². The summed E-state index contributed by atoms with van der Waals surface area (Å²) in [6.45, 7) is 0.993. The highest BCUT2D eigenvalue weighted by atomic mass is 79.9. The van der Waals surface area contributed by atoms with E-state index in [9.17, 15) is 13.2 Å². The van der Waals surface area contributed by atoms with E-state index in [0.29, 0.717) is 0 Å². The average molecular weight is 463 g/mol. The molecule has 2 heterocycles. The summed E-state index contributed by atoms with van der Waals surface area (Å²) in [5.74, 6) is 0.137. The summed E-state index contributed by atoms with van der Waals surface area (Å²) in [4.78, 5) is 16.7. The van der Waals surface area contributed by atoms with Gasteiger partial charge in [-0.3, -0.25) is 9.69 Å². The van der Waals surface area contributed by atoms with Crippen LogP contribution < -0.4 is 4.90 Å². The van der Waals surface area contributed by atoms with E-state index in [1.807, 2.05) is 42.5 Å². The number of hydrogen-bond donors (Lipinski definition) is 0. The number of carbonyl (C=O) groups is 1. The van der Waals surface area contributed by atoms with Crippen LogP contribution in [0.1, 0.15) is 12.0 Å². The Hall–Kier alpha value is -1.70. The van der Waals surface area contributed by atoms with Crippen LogP contribution in [-0.2, 0) is 21.1 Å². The number of halogens is 1. The van der Waals surface area contributed by atoms with Crippen molar-refractivity contribution in [1.82, 2.24) is 4.90 Å². The van der Waals surface area contributed by atoms with E-state index in [2.05, 4.69) is 33.0 Å². The largest absolute Gasteiger partial charge is 0.306 e. The maximum atomic E-state index is 13.0. The number of piperazine rings is 1. The molecule has 0 unspecified atom stereocenters. The maximum absolute atomic E-state index is 13.0. The first-order valence-corrected chi connectivity index (χ1v) is 12.1. The number of hydrogen-bond acceptors (Lipinski definition) is 4. The minimum absolute atomic E-state index is 0.0274. The summed E-state index contributed by atoms with van der Waals surface area (Å²) in [6, 6.07) is 17.3. The molecule has 2 aliphatic heterocycles. The van der Waals surface area contributed by atoms with Crippen molar-refractivity contribution in [3.63, 3.8) is 0 Å². The molecule has 0 saturated carbocycles. The third kappa shape index (κ3) is 4.16. The van der Waals surface area contributed by atoms with E-state index in [1.165, 1.54) is 5.56 Å². The van der Waals surface area contributed by atoms with Gasteiger partial charge in [0.2, 0.25) is 5.91 Å². The van der Waals surface area contributed by atoms with Crippen LogP contribution in [0.15, 0.2) is 59.1 Å². The van der Waals surface area contributed by atoms with Crippen molar-refractivity contribution in [2.24, 2.45) is 0 Å². The molecule has 2 aromatic carbocycles. The predicted octanol–water partition coefficient (Wildman–Crippen LogP) is 2.90. The van der Waals surface area contributed by atoms with Gasteiger partial charge in [0, 0.05) is 16.2 Å². The van der Waals surface area contributed by atoms with Gasteiger partial charge in [0.15, 0.2) is 9.84 Å². The minimum Gasteiger partial charge on any atom is -0.306 e. The Kier molecular flexibility index (Phi) is 5.58. The number of fused-ring (bicyclic) bond motifs is 1. The van der Waals surface area contributed by atoms with Crippen LogP contribution in [0.2, 0.25) is 0 Å². The SMILES string of the molecule is O=C1CN(CCCc2ccccc2)[C@@H]2CS(=O)(=O)C[C@@H]2N1c1ccc(Br)cc1. The van der Waals surface area contributed by atoms with Gasteiger partial charge in [-0.15, -0.1) is 0 Å². The molecule has 0 aliphatic carbocycles. The van der Waals surface area contributed by atoms with Crippen LogP contribution in [0.4, 0.5) is 5.69 Å². The fourth-order valence-corrected chi connectivity index (χ4v) is 6.52. The van der Waals surface area contributed by atoms with Crippen molar-refractivity contribution in [2.75, 3.05) is 29.5 Å². The molecule has 1 amide bonds. The minimum atomic E-state index is -3.16. The fourth-order valence-electron chi connectivity index (χ4n) is 4.27. The van der Waals surface area contributed by atoms with Gasteiger partial charge in [-0.1, -0.05) is 46.3 Å². The first-order valence-electron chi connectivity index (χ1n) is 9.49. The van der Waals surface area contributed by atoms with Crippen molar-refractivity contribution in [3.05, 3.63) is 64.6 Å². The van der Waals surface area contributed by atoms with E-state index in [1.54, 1.807) is 4.90 Å². The number of anilines is 1. The lowest BCUT2D eigenvalue weighted by Crippen LogP contribution is -2.62. The maximum Gasteiger partial charge on any atom is 0.241 e. The highest BCUT2D eigenvalue weighted by Crippen LogP contribution is 2.32. The molecular weight excluding hydrogens is 440 g/mol. The quantitative estimate of drug-likeness (QED) is 0.685. The summed E-state index contributed by atoms with van der Waals surface area (Å²) in [5.41, 5.74) is 2.03. The molecule has 28 heavy (non-hydrogen) atoms. The summed E-state index contributed by atoms with van der Waals surface area (Å²) in [7, 11) is -3.16. The first kappa shape index (κ1) is 19.6. The van der Waals surface area contributed by atoms with Gasteiger partial charge in [0.25, 0.3) is 0 Å². The van der Waals surface area contributed by atoms with Crippen LogP contribution in [0, 0.1) is 0 Å². The Bertz CT molecular complexity index is 947. The molecule has 4 rings (SSSR count). The molecule has 2 saturated heterocycles. The third-order valence-electron chi connectivity index (χ3n) is 5.56. The topological polar surface area (TPSA) is 57.7 Å².